The molecule has 1 amide bonds. The van der Waals surface area contributed by atoms with Crippen molar-refractivity contribution in [3.63, 3.8) is 0 Å². The molecule has 0 bridgehead atoms. The third kappa shape index (κ3) is 10.6. The highest BCUT2D eigenvalue weighted by Gasteiger charge is 2.33. The topological polar surface area (TPSA) is 135 Å². The molecule has 230 valence electrons. The van der Waals surface area contributed by atoms with Crippen LogP contribution in [-0.2, 0) is 36.9 Å². The van der Waals surface area contributed by atoms with Gasteiger partial charge in [0.1, 0.15) is 17.4 Å². The molecule has 3 N–H and O–H groups in total. The molecule has 14 heteroatoms. The third-order valence-corrected chi connectivity index (χ3v) is 7.30. The maximum absolute atomic E-state index is 13.0. The Kier molecular flexibility index (Phi) is 11.0. The van der Waals surface area contributed by atoms with E-state index in [0.717, 1.165) is 25.1 Å². The number of hydrogen-bond acceptors (Lipinski definition) is 8. The SMILES string of the molecule is CC(C)(C)OC(=O)[C@H](Cc1ccc(OCCCC(=O)NC2=NCCCN2)cc1)NS(=O)(=O)c1ccc(C(F)(F)F)cc1. The molecule has 0 saturated carbocycles. The first kappa shape index (κ1) is 32.9. The molecule has 2 aromatic rings. The lowest BCUT2D eigenvalue weighted by Gasteiger charge is -2.24. The summed E-state index contributed by atoms with van der Waals surface area (Å²) < 4.78 is 78.0. The monoisotopic (exact) mass is 612 g/mol. The van der Waals surface area contributed by atoms with E-state index < -0.39 is 44.3 Å². The number of hydrogen-bond donors (Lipinski definition) is 3. The molecule has 1 aliphatic heterocycles. The highest BCUT2D eigenvalue weighted by molar-refractivity contribution is 7.89. The van der Waals surface area contributed by atoms with Crippen molar-refractivity contribution in [3.8, 4) is 5.75 Å². The van der Waals surface area contributed by atoms with Gasteiger partial charge >= 0.3 is 12.1 Å². The lowest BCUT2D eigenvalue weighted by atomic mass is 10.1. The van der Waals surface area contributed by atoms with Crippen LogP contribution in [-0.4, -0.2) is 57.6 Å². The molecule has 3 rings (SSSR count). The fourth-order valence-corrected chi connectivity index (χ4v) is 5.00. The van der Waals surface area contributed by atoms with Crippen LogP contribution in [0.1, 0.15) is 51.2 Å². The molecule has 1 atom stereocenters. The Morgan fingerprint density at radius 3 is 2.29 bits per heavy atom. The highest BCUT2D eigenvalue weighted by Crippen LogP contribution is 2.29. The van der Waals surface area contributed by atoms with E-state index in [4.69, 9.17) is 9.47 Å². The maximum Gasteiger partial charge on any atom is 0.416 e. The van der Waals surface area contributed by atoms with Crippen LogP contribution in [0.15, 0.2) is 58.4 Å². The van der Waals surface area contributed by atoms with Gasteiger partial charge in [0, 0.05) is 19.5 Å². The number of sulfonamides is 1. The number of amides is 1. The van der Waals surface area contributed by atoms with Crippen molar-refractivity contribution in [3.05, 3.63) is 59.7 Å². The summed E-state index contributed by atoms with van der Waals surface area (Å²) in [5.41, 5.74) is -1.33. The van der Waals surface area contributed by atoms with Crippen LogP contribution in [0.3, 0.4) is 0 Å². The van der Waals surface area contributed by atoms with E-state index in [1.54, 1.807) is 45.0 Å². The lowest BCUT2D eigenvalue weighted by Crippen LogP contribution is -2.45. The van der Waals surface area contributed by atoms with Gasteiger partial charge in [-0.1, -0.05) is 12.1 Å². The van der Waals surface area contributed by atoms with Crippen molar-refractivity contribution in [2.24, 2.45) is 4.99 Å². The van der Waals surface area contributed by atoms with Crippen molar-refractivity contribution in [1.82, 2.24) is 15.4 Å². The van der Waals surface area contributed by atoms with Gasteiger partial charge in [-0.05, 0) is 82.0 Å². The van der Waals surface area contributed by atoms with Crippen LogP contribution < -0.4 is 20.1 Å². The second kappa shape index (κ2) is 14.0. The normalized spacial score (nSPS) is 14.8. The van der Waals surface area contributed by atoms with E-state index in [-0.39, 0.29) is 25.4 Å². The minimum atomic E-state index is -4.62. The van der Waals surface area contributed by atoms with Crippen LogP contribution in [0.4, 0.5) is 13.2 Å². The molecule has 2 aromatic carbocycles. The first-order chi connectivity index (χ1) is 19.6. The Bertz CT molecular complexity index is 1360. The Morgan fingerprint density at radius 2 is 1.71 bits per heavy atom. The second-order valence-electron chi connectivity index (χ2n) is 10.6. The molecule has 42 heavy (non-hydrogen) atoms. The maximum atomic E-state index is 13.0. The van der Waals surface area contributed by atoms with E-state index in [9.17, 15) is 31.2 Å². The molecule has 0 unspecified atom stereocenters. The Balaban J connectivity index is 1.60. The zero-order valence-corrected chi connectivity index (χ0v) is 24.4. The molecule has 0 aromatic heterocycles. The fraction of sp³-hybridized carbons (Fsp3) is 0.464. The number of carbonyl (C=O) groups excluding carboxylic acids is 2. The van der Waals surface area contributed by atoms with E-state index in [1.807, 2.05) is 0 Å². The van der Waals surface area contributed by atoms with Gasteiger partial charge in [-0.25, -0.2) is 8.42 Å². The van der Waals surface area contributed by atoms with Crippen molar-refractivity contribution < 1.29 is 40.7 Å². The zero-order valence-electron chi connectivity index (χ0n) is 23.6. The number of rotatable bonds is 11. The quantitative estimate of drug-likeness (QED) is 0.261. The van der Waals surface area contributed by atoms with E-state index in [0.29, 0.717) is 42.4 Å². The molecule has 0 saturated heterocycles. The number of guanidine groups is 1. The number of nitrogens with one attached hydrogen (secondary N) is 3. The van der Waals surface area contributed by atoms with Gasteiger partial charge in [0.2, 0.25) is 15.9 Å². The van der Waals surface area contributed by atoms with Gasteiger partial charge in [0.05, 0.1) is 17.1 Å². The summed E-state index contributed by atoms with van der Waals surface area (Å²) in [6.45, 7) is 6.60. The lowest BCUT2D eigenvalue weighted by molar-refractivity contribution is -0.157. The van der Waals surface area contributed by atoms with Gasteiger partial charge in [0.25, 0.3) is 0 Å². The molecular formula is C28H35F3N4O6S. The predicted molar refractivity (Wildman–Crippen MR) is 149 cm³/mol. The number of ether oxygens (including phenoxy) is 2. The second-order valence-corrected chi connectivity index (χ2v) is 12.3. The largest absolute Gasteiger partial charge is 0.494 e. The predicted octanol–water partition coefficient (Wildman–Crippen LogP) is 3.56. The number of aliphatic imine (C=N–C) groups is 1. The molecule has 0 fully saturated rings. The number of nitrogens with zero attached hydrogens (tertiary/aromatic N) is 1. The van der Waals surface area contributed by atoms with Crippen LogP contribution >= 0.6 is 0 Å². The van der Waals surface area contributed by atoms with Crippen molar-refractivity contribution >= 4 is 27.9 Å². The van der Waals surface area contributed by atoms with Gasteiger partial charge in [-0.2, -0.15) is 17.9 Å². The Labute approximate surface area is 243 Å². The summed E-state index contributed by atoms with van der Waals surface area (Å²) in [7, 11) is -4.37. The average Bonchev–Trinajstić information content (AvgIpc) is 2.91. The molecule has 0 aliphatic carbocycles. The molecule has 0 radical (unpaired) electrons. The average molecular weight is 613 g/mol. The zero-order chi connectivity index (χ0) is 31.0. The molecule has 0 spiro atoms. The van der Waals surface area contributed by atoms with Crippen LogP contribution in [0.25, 0.3) is 0 Å². The summed E-state index contributed by atoms with van der Waals surface area (Å²) in [6, 6.07) is 8.21. The summed E-state index contributed by atoms with van der Waals surface area (Å²) in [5, 5.41) is 5.73. The fourth-order valence-electron chi connectivity index (χ4n) is 3.82. The highest BCUT2D eigenvalue weighted by atomic mass is 32.2. The number of esters is 1. The number of benzene rings is 2. The summed E-state index contributed by atoms with van der Waals surface area (Å²) >= 11 is 0. The van der Waals surface area contributed by atoms with Gasteiger partial charge in [-0.15, -0.1) is 0 Å². The third-order valence-electron chi connectivity index (χ3n) is 5.82. The smallest absolute Gasteiger partial charge is 0.416 e. The first-order valence-corrected chi connectivity index (χ1v) is 14.8. The van der Waals surface area contributed by atoms with Crippen LogP contribution in [0.5, 0.6) is 5.75 Å². The summed E-state index contributed by atoms with van der Waals surface area (Å²) in [5.74, 6) is -0.0225. The summed E-state index contributed by atoms with van der Waals surface area (Å²) in [6.07, 6.45) is -3.08. The van der Waals surface area contributed by atoms with Crippen molar-refractivity contribution in [2.75, 3.05) is 19.7 Å². The number of carbonyl (C=O) groups is 2. The Hall–Kier alpha value is -3.65. The van der Waals surface area contributed by atoms with Crippen LogP contribution in [0.2, 0.25) is 0 Å². The van der Waals surface area contributed by atoms with E-state index >= 15 is 0 Å². The van der Waals surface area contributed by atoms with Crippen molar-refractivity contribution in [2.45, 2.75) is 69.2 Å². The molecular weight excluding hydrogens is 577 g/mol. The molecule has 10 nitrogen and oxygen atoms in total. The van der Waals surface area contributed by atoms with Crippen LogP contribution in [0, 0.1) is 0 Å². The molecule has 1 aliphatic rings. The first-order valence-electron chi connectivity index (χ1n) is 13.3. The molecule has 1 heterocycles. The van der Waals surface area contributed by atoms with E-state index in [2.05, 4.69) is 20.3 Å². The van der Waals surface area contributed by atoms with E-state index in [1.165, 1.54) is 0 Å². The Morgan fingerprint density at radius 1 is 1.05 bits per heavy atom. The van der Waals surface area contributed by atoms with Gasteiger partial charge in [0.15, 0.2) is 5.96 Å². The number of alkyl halides is 3. The minimum Gasteiger partial charge on any atom is -0.494 e. The summed E-state index contributed by atoms with van der Waals surface area (Å²) in [4.78, 5) is 28.7. The number of halogens is 3. The minimum absolute atomic E-state index is 0.0901. The van der Waals surface area contributed by atoms with Crippen molar-refractivity contribution in [1.29, 1.82) is 0 Å². The van der Waals surface area contributed by atoms with Gasteiger partial charge < -0.3 is 14.8 Å². The van der Waals surface area contributed by atoms with Gasteiger partial charge in [-0.3, -0.25) is 19.9 Å². The standard InChI is InChI=1S/C28H35F3N4O6S/c1-27(2,3)41-25(37)23(35-42(38,39)22-13-9-20(10-14-22)28(29,30)31)18-19-7-11-21(12-8-19)40-17-4-6-24(36)34-26-32-15-5-16-33-26/h7-14,23,35H,4-6,15-18H2,1-3H3,(H2,32,33,34,36)/t23-/m0/s1.